The van der Waals surface area contributed by atoms with Gasteiger partial charge in [0.2, 0.25) is 5.91 Å². The summed E-state index contributed by atoms with van der Waals surface area (Å²) in [6.07, 6.45) is 0. The minimum absolute atomic E-state index is 0.0688. The molecule has 0 radical (unpaired) electrons. The van der Waals surface area contributed by atoms with Gasteiger partial charge in [0.1, 0.15) is 0 Å². The Morgan fingerprint density at radius 2 is 2.04 bits per heavy atom. The van der Waals surface area contributed by atoms with E-state index in [0.717, 1.165) is 34.9 Å². The third-order valence-electron chi connectivity index (χ3n) is 4.58. The van der Waals surface area contributed by atoms with Gasteiger partial charge in [-0.1, -0.05) is 0 Å². The van der Waals surface area contributed by atoms with Crippen molar-refractivity contribution >= 4 is 17.3 Å². The molecule has 3 N–H and O–H groups in total. The lowest BCUT2D eigenvalue weighted by Gasteiger charge is -2.28. The van der Waals surface area contributed by atoms with Crippen LogP contribution >= 0.6 is 0 Å². The Morgan fingerprint density at radius 1 is 1.28 bits per heavy atom. The number of amides is 1. The minimum atomic E-state index is 0.0688. The minimum Gasteiger partial charge on any atom is -0.394 e. The highest BCUT2D eigenvalue weighted by atomic mass is 16.3. The summed E-state index contributed by atoms with van der Waals surface area (Å²) in [5, 5.41) is 19.8. The molecule has 0 unspecified atom stereocenters. The first-order valence-electron chi connectivity index (χ1n) is 8.58. The van der Waals surface area contributed by atoms with E-state index in [4.69, 9.17) is 5.11 Å². The van der Waals surface area contributed by atoms with E-state index in [0.29, 0.717) is 26.2 Å². The highest BCUT2D eigenvalue weighted by Crippen LogP contribution is 2.20. The van der Waals surface area contributed by atoms with Gasteiger partial charge in [0, 0.05) is 42.3 Å². The van der Waals surface area contributed by atoms with E-state index in [-0.39, 0.29) is 12.5 Å². The van der Waals surface area contributed by atoms with Crippen molar-refractivity contribution in [2.75, 3.05) is 36.5 Å². The van der Waals surface area contributed by atoms with Gasteiger partial charge in [0.05, 0.1) is 25.4 Å². The average molecular weight is 343 g/mol. The zero-order valence-corrected chi connectivity index (χ0v) is 14.7. The molecule has 2 heterocycles. The standard InChI is InChI=1S/C18H25N5O2/c1-13-17(14(2)23(21-13)9-10-24)11-20-15-3-5-16(6-4-15)22-8-7-19-18(25)12-22/h3-6,20,24H,7-12H2,1-2H3,(H,19,25). The zero-order valence-electron chi connectivity index (χ0n) is 14.7. The third kappa shape index (κ3) is 3.93. The Hall–Kier alpha value is -2.54. The van der Waals surface area contributed by atoms with Gasteiger partial charge in [-0.15, -0.1) is 0 Å². The molecule has 0 aliphatic carbocycles. The maximum atomic E-state index is 11.5. The molecule has 1 saturated heterocycles. The van der Waals surface area contributed by atoms with Crippen molar-refractivity contribution in [1.29, 1.82) is 0 Å². The molecule has 1 aromatic carbocycles. The third-order valence-corrected chi connectivity index (χ3v) is 4.58. The quantitative estimate of drug-likeness (QED) is 0.730. The SMILES string of the molecule is Cc1nn(CCO)c(C)c1CNc1ccc(N2CCNC(=O)C2)cc1. The van der Waals surface area contributed by atoms with Crippen LogP contribution in [0.15, 0.2) is 24.3 Å². The van der Waals surface area contributed by atoms with Crippen molar-refractivity contribution in [3.63, 3.8) is 0 Å². The molecule has 1 aromatic heterocycles. The van der Waals surface area contributed by atoms with E-state index in [9.17, 15) is 4.79 Å². The first-order valence-corrected chi connectivity index (χ1v) is 8.58. The molecule has 2 aromatic rings. The Balaban J connectivity index is 1.63. The predicted octanol–water partition coefficient (Wildman–Crippen LogP) is 1.04. The smallest absolute Gasteiger partial charge is 0.239 e. The van der Waals surface area contributed by atoms with Gasteiger partial charge in [0.25, 0.3) is 0 Å². The summed E-state index contributed by atoms with van der Waals surface area (Å²) >= 11 is 0. The summed E-state index contributed by atoms with van der Waals surface area (Å²) in [4.78, 5) is 13.6. The number of nitrogens with zero attached hydrogens (tertiary/aromatic N) is 3. The monoisotopic (exact) mass is 343 g/mol. The van der Waals surface area contributed by atoms with E-state index in [1.54, 1.807) is 0 Å². The number of aryl methyl sites for hydroxylation is 1. The molecule has 7 nitrogen and oxygen atoms in total. The second kappa shape index (κ2) is 7.57. The van der Waals surface area contributed by atoms with E-state index >= 15 is 0 Å². The fraction of sp³-hybridized carbons (Fsp3) is 0.444. The number of aliphatic hydroxyl groups is 1. The number of aromatic nitrogens is 2. The highest BCUT2D eigenvalue weighted by molar-refractivity contribution is 5.82. The molecule has 0 saturated carbocycles. The molecule has 1 aliphatic rings. The number of carbonyl (C=O) groups is 1. The van der Waals surface area contributed by atoms with Crippen LogP contribution < -0.4 is 15.5 Å². The predicted molar refractivity (Wildman–Crippen MR) is 97.8 cm³/mol. The van der Waals surface area contributed by atoms with Gasteiger partial charge in [-0.3, -0.25) is 9.48 Å². The normalized spacial score (nSPS) is 14.5. The summed E-state index contributed by atoms with van der Waals surface area (Å²) in [6.45, 7) is 7.25. The Kier molecular flexibility index (Phi) is 5.23. The van der Waals surface area contributed by atoms with Crippen molar-refractivity contribution in [3.05, 3.63) is 41.2 Å². The Bertz CT molecular complexity index is 739. The van der Waals surface area contributed by atoms with Crippen molar-refractivity contribution in [3.8, 4) is 0 Å². The van der Waals surface area contributed by atoms with Gasteiger partial charge in [0.15, 0.2) is 0 Å². The Morgan fingerprint density at radius 3 is 2.72 bits per heavy atom. The van der Waals surface area contributed by atoms with E-state index in [1.165, 1.54) is 0 Å². The molecule has 0 bridgehead atoms. The van der Waals surface area contributed by atoms with Crippen LogP contribution in [0.4, 0.5) is 11.4 Å². The number of rotatable bonds is 6. The number of piperazine rings is 1. The van der Waals surface area contributed by atoms with Crippen LogP contribution in [0, 0.1) is 13.8 Å². The highest BCUT2D eigenvalue weighted by Gasteiger charge is 2.16. The van der Waals surface area contributed by atoms with Crippen molar-refractivity contribution < 1.29 is 9.90 Å². The Labute approximate surface area is 147 Å². The summed E-state index contributed by atoms with van der Waals surface area (Å²) in [5.74, 6) is 0.0688. The lowest BCUT2D eigenvalue weighted by molar-refractivity contribution is -0.120. The molecule has 1 aliphatic heterocycles. The molecule has 25 heavy (non-hydrogen) atoms. The number of hydrogen-bond donors (Lipinski definition) is 3. The largest absolute Gasteiger partial charge is 0.394 e. The van der Waals surface area contributed by atoms with Crippen LogP contribution in [0.3, 0.4) is 0 Å². The van der Waals surface area contributed by atoms with E-state index in [2.05, 4.69) is 20.6 Å². The van der Waals surface area contributed by atoms with Gasteiger partial charge in [-0.2, -0.15) is 5.10 Å². The van der Waals surface area contributed by atoms with Gasteiger partial charge < -0.3 is 20.6 Å². The van der Waals surface area contributed by atoms with Crippen LogP contribution in [-0.4, -0.2) is 47.0 Å². The van der Waals surface area contributed by atoms with Crippen LogP contribution in [0.25, 0.3) is 0 Å². The van der Waals surface area contributed by atoms with E-state index < -0.39 is 0 Å². The molecule has 1 amide bonds. The van der Waals surface area contributed by atoms with Gasteiger partial charge in [-0.25, -0.2) is 0 Å². The molecular weight excluding hydrogens is 318 g/mol. The fourth-order valence-electron chi connectivity index (χ4n) is 3.14. The average Bonchev–Trinajstić information content (AvgIpc) is 2.87. The van der Waals surface area contributed by atoms with Crippen molar-refractivity contribution in [2.24, 2.45) is 0 Å². The molecule has 134 valence electrons. The van der Waals surface area contributed by atoms with Gasteiger partial charge in [-0.05, 0) is 38.1 Å². The maximum Gasteiger partial charge on any atom is 0.239 e. The topological polar surface area (TPSA) is 82.4 Å². The number of hydrogen-bond acceptors (Lipinski definition) is 5. The van der Waals surface area contributed by atoms with Crippen LogP contribution in [0.5, 0.6) is 0 Å². The number of anilines is 2. The first-order chi connectivity index (χ1) is 12.1. The van der Waals surface area contributed by atoms with Crippen molar-refractivity contribution in [1.82, 2.24) is 15.1 Å². The molecule has 3 rings (SSSR count). The maximum absolute atomic E-state index is 11.5. The number of aliphatic hydroxyl groups excluding tert-OH is 1. The van der Waals surface area contributed by atoms with Crippen molar-refractivity contribution in [2.45, 2.75) is 26.9 Å². The summed E-state index contributed by atoms with van der Waals surface area (Å²) in [7, 11) is 0. The lowest BCUT2D eigenvalue weighted by Crippen LogP contribution is -2.47. The number of benzene rings is 1. The lowest BCUT2D eigenvalue weighted by atomic mass is 10.2. The van der Waals surface area contributed by atoms with Crippen LogP contribution in [0.1, 0.15) is 17.0 Å². The van der Waals surface area contributed by atoms with Crippen LogP contribution in [0.2, 0.25) is 0 Å². The first kappa shape index (κ1) is 17.3. The molecular formula is C18H25N5O2. The summed E-state index contributed by atoms with van der Waals surface area (Å²) in [5.41, 5.74) is 5.30. The molecule has 0 spiro atoms. The molecule has 1 fully saturated rings. The zero-order chi connectivity index (χ0) is 17.8. The summed E-state index contributed by atoms with van der Waals surface area (Å²) in [6, 6.07) is 8.14. The van der Waals surface area contributed by atoms with Gasteiger partial charge >= 0.3 is 0 Å². The number of carbonyl (C=O) groups excluding carboxylic acids is 1. The van der Waals surface area contributed by atoms with Crippen LogP contribution in [-0.2, 0) is 17.9 Å². The van der Waals surface area contributed by atoms with E-state index in [1.807, 2.05) is 42.8 Å². The number of nitrogens with one attached hydrogen (secondary N) is 2. The second-order valence-corrected chi connectivity index (χ2v) is 6.27. The second-order valence-electron chi connectivity index (χ2n) is 6.27. The molecule has 0 atom stereocenters. The summed E-state index contributed by atoms with van der Waals surface area (Å²) < 4.78 is 1.84. The molecule has 7 heteroatoms. The fourth-order valence-corrected chi connectivity index (χ4v) is 3.14.